The van der Waals surface area contributed by atoms with Crippen molar-refractivity contribution in [2.75, 3.05) is 18.6 Å². The van der Waals surface area contributed by atoms with Crippen molar-refractivity contribution < 1.29 is 24.2 Å². The molecule has 0 unspecified atom stereocenters. The van der Waals surface area contributed by atoms with E-state index in [4.69, 9.17) is 9.47 Å². The van der Waals surface area contributed by atoms with Gasteiger partial charge >= 0.3 is 5.97 Å². The number of hydrogen-bond donors (Lipinski definition) is 1. The molecule has 6 nitrogen and oxygen atoms in total. The topological polar surface area (TPSA) is 76.1 Å². The van der Waals surface area contributed by atoms with Gasteiger partial charge in [-0.25, -0.2) is 4.79 Å². The number of ether oxygens (including phenoxy) is 2. The molecule has 1 amide bonds. The lowest BCUT2D eigenvalue weighted by molar-refractivity contribution is -0.124. The number of esters is 1. The second-order valence-electron chi connectivity index (χ2n) is 9.50. The number of hydrogen-bond acceptors (Lipinski definition) is 5. The lowest BCUT2D eigenvalue weighted by Gasteiger charge is -2.39. The predicted octanol–water partition coefficient (Wildman–Crippen LogP) is 5.11. The molecule has 0 atom stereocenters. The van der Waals surface area contributed by atoms with Crippen LogP contribution in [0.3, 0.4) is 0 Å². The molecule has 0 aliphatic heterocycles. The normalized spacial score (nSPS) is 25.8. The van der Waals surface area contributed by atoms with Gasteiger partial charge in [-0.1, -0.05) is 20.3 Å². The Morgan fingerprint density at radius 3 is 2.38 bits per heavy atom. The molecule has 2 aliphatic carbocycles. The molecule has 0 heterocycles. The van der Waals surface area contributed by atoms with Crippen LogP contribution in [0.5, 0.6) is 5.75 Å². The minimum absolute atomic E-state index is 0.0240. The molecule has 32 heavy (non-hydrogen) atoms. The van der Waals surface area contributed by atoms with Crippen LogP contribution in [0, 0.1) is 11.8 Å². The number of anilines is 1. The van der Waals surface area contributed by atoms with Crippen molar-refractivity contribution in [1.82, 2.24) is 0 Å². The van der Waals surface area contributed by atoms with Gasteiger partial charge in [0.2, 0.25) is 5.91 Å². The van der Waals surface area contributed by atoms with E-state index in [1.54, 1.807) is 6.07 Å². The summed E-state index contributed by atoms with van der Waals surface area (Å²) in [6.07, 6.45) is 8.33. The van der Waals surface area contributed by atoms with Gasteiger partial charge in [-0.3, -0.25) is 4.79 Å². The Labute approximate surface area is 192 Å². The largest absolute Gasteiger partial charge is 0.494 e. The maximum absolute atomic E-state index is 13.8. The summed E-state index contributed by atoms with van der Waals surface area (Å²) in [5, 5.41) is 10.0. The van der Waals surface area contributed by atoms with Gasteiger partial charge in [-0.05, 0) is 81.9 Å². The van der Waals surface area contributed by atoms with E-state index < -0.39 is 5.97 Å². The number of nitrogens with zero attached hydrogens (tertiary/aromatic N) is 1. The molecule has 1 N–H and O–H groups in total. The van der Waals surface area contributed by atoms with E-state index in [2.05, 4.69) is 13.8 Å². The van der Waals surface area contributed by atoms with Gasteiger partial charge in [-0.15, -0.1) is 0 Å². The fourth-order valence-electron chi connectivity index (χ4n) is 4.94. The third kappa shape index (κ3) is 6.03. The summed E-state index contributed by atoms with van der Waals surface area (Å²) in [5.41, 5.74) is 0.967. The molecule has 2 fully saturated rings. The van der Waals surface area contributed by atoms with E-state index in [-0.39, 0.29) is 24.0 Å². The maximum Gasteiger partial charge on any atom is 0.340 e. The summed E-state index contributed by atoms with van der Waals surface area (Å²) in [5.74, 6) is 0.877. The van der Waals surface area contributed by atoms with E-state index in [9.17, 15) is 14.7 Å². The van der Waals surface area contributed by atoms with Crippen molar-refractivity contribution in [2.24, 2.45) is 11.8 Å². The average Bonchev–Trinajstić information content (AvgIpc) is 2.81. The van der Waals surface area contributed by atoms with Crippen molar-refractivity contribution in [1.29, 1.82) is 0 Å². The van der Waals surface area contributed by atoms with Crippen LogP contribution in [0.15, 0.2) is 18.2 Å². The average molecular weight is 446 g/mol. The summed E-state index contributed by atoms with van der Waals surface area (Å²) >= 11 is 0. The Hall–Kier alpha value is -2.08. The van der Waals surface area contributed by atoms with Gasteiger partial charge in [0.15, 0.2) is 0 Å². The van der Waals surface area contributed by atoms with Crippen molar-refractivity contribution in [3.8, 4) is 5.75 Å². The maximum atomic E-state index is 13.8. The highest BCUT2D eigenvalue weighted by atomic mass is 16.5. The molecule has 0 radical (unpaired) electrons. The first-order valence-corrected chi connectivity index (χ1v) is 12.3. The van der Waals surface area contributed by atoms with E-state index in [0.717, 1.165) is 51.4 Å². The van der Waals surface area contributed by atoms with Gasteiger partial charge in [0.1, 0.15) is 5.75 Å². The molecular weight excluding hydrogens is 406 g/mol. The second kappa shape index (κ2) is 11.7. The van der Waals surface area contributed by atoms with Gasteiger partial charge in [0.25, 0.3) is 0 Å². The summed E-state index contributed by atoms with van der Waals surface area (Å²) in [6.45, 7) is 4.93. The van der Waals surface area contributed by atoms with Crippen molar-refractivity contribution in [2.45, 2.75) is 90.2 Å². The summed E-state index contributed by atoms with van der Waals surface area (Å²) < 4.78 is 10.9. The van der Waals surface area contributed by atoms with Gasteiger partial charge in [0, 0.05) is 12.0 Å². The molecule has 0 saturated heterocycles. The number of carbonyl (C=O) groups is 2. The van der Waals surface area contributed by atoms with Crippen LogP contribution in [-0.4, -0.2) is 42.8 Å². The number of rotatable bonds is 8. The molecule has 2 saturated carbocycles. The first-order valence-electron chi connectivity index (χ1n) is 12.3. The lowest BCUT2D eigenvalue weighted by Crippen LogP contribution is -2.47. The predicted molar refractivity (Wildman–Crippen MR) is 125 cm³/mol. The molecule has 2 aliphatic rings. The Morgan fingerprint density at radius 1 is 1.06 bits per heavy atom. The Bertz CT molecular complexity index is 763. The fourth-order valence-corrected chi connectivity index (χ4v) is 4.94. The first-order chi connectivity index (χ1) is 15.4. The molecule has 3 rings (SSSR count). The summed E-state index contributed by atoms with van der Waals surface area (Å²) in [4.78, 5) is 28.4. The molecule has 178 valence electrons. The summed E-state index contributed by atoms with van der Waals surface area (Å²) in [6, 6.07) is 5.36. The Balaban J connectivity index is 1.95. The molecule has 0 spiro atoms. The third-order valence-corrected chi connectivity index (χ3v) is 7.03. The molecule has 6 heteroatoms. The number of aliphatic hydroxyl groups excluding tert-OH is 1. The van der Waals surface area contributed by atoms with E-state index in [1.165, 1.54) is 7.11 Å². The highest BCUT2D eigenvalue weighted by Crippen LogP contribution is 2.37. The van der Waals surface area contributed by atoms with Crippen molar-refractivity contribution in [3.63, 3.8) is 0 Å². The number of carbonyl (C=O) groups excluding carboxylic acids is 2. The smallest absolute Gasteiger partial charge is 0.340 e. The quantitative estimate of drug-likeness (QED) is 0.444. The zero-order valence-corrected chi connectivity index (χ0v) is 19.8. The standard InChI is InChI=1S/C26H39NO5/c1-4-5-16-32-22-14-15-24(23(17-22)26(30)31-3)27(20-10-12-21(28)13-11-20)25(29)19-8-6-18(2)7-9-19/h14-15,17-21,28H,4-13,16H2,1-3H3/t18-,19-,20?,21?. The van der Waals surface area contributed by atoms with Gasteiger partial charge in [-0.2, -0.15) is 0 Å². The van der Waals surface area contributed by atoms with Crippen molar-refractivity contribution in [3.05, 3.63) is 23.8 Å². The molecular formula is C26H39NO5. The van der Waals surface area contributed by atoms with Crippen molar-refractivity contribution >= 4 is 17.6 Å². The van der Waals surface area contributed by atoms with Crippen LogP contribution in [0.1, 0.15) is 88.4 Å². The second-order valence-corrected chi connectivity index (χ2v) is 9.50. The monoisotopic (exact) mass is 445 g/mol. The fraction of sp³-hybridized carbons (Fsp3) is 0.692. The highest BCUT2D eigenvalue weighted by molar-refractivity contribution is 6.04. The Kier molecular flexibility index (Phi) is 8.97. The van der Waals surface area contributed by atoms with Crippen LogP contribution < -0.4 is 9.64 Å². The number of amides is 1. The minimum atomic E-state index is -0.466. The number of methoxy groups -OCH3 is 1. The van der Waals surface area contributed by atoms with Crippen LogP contribution in [0.25, 0.3) is 0 Å². The molecule has 0 bridgehead atoms. The first kappa shape index (κ1) is 24.6. The molecule has 0 aromatic heterocycles. The van der Waals surface area contributed by atoms with E-state index in [0.29, 0.717) is 42.4 Å². The van der Waals surface area contributed by atoms with Crippen LogP contribution >= 0.6 is 0 Å². The van der Waals surface area contributed by atoms with Crippen LogP contribution in [0.4, 0.5) is 5.69 Å². The third-order valence-electron chi connectivity index (χ3n) is 7.03. The van der Waals surface area contributed by atoms with Gasteiger partial charge < -0.3 is 19.5 Å². The van der Waals surface area contributed by atoms with E-state index in [1.807, 2.05) is 17.0 Å². The highest BCUT2D eigenvalue weighted by Gasteiger charge is 2.36. The molecule has 1 aromatic carbocycles. The zero-order valence-electron chi connectivity index (χ0n) is 19.8. The lowest BCUT2D eigenvalue weighted by atomic mass is 9.81. The SMILES string of the molecule is CCCCOc1ccc(N(C(=O)[C@H]2CC[C@H](C)CC2)C2CCC(O)CC2)c(C(=O)OC)c1. The number of benzene rings is 1. The summed E-state index contributed by atoms with van der Waals surface area (Å²) in [7, 11) is 1.36. The van der Waals surface area contributed by atoms with E-state index >= 15 is 0 Å². The van der Waals surface area contributed by atoms with Crippen LogP contribution in [0.2, 0.25) is 0 Å². The number of aliphatic hydroxyl groups is 1. The van der Waals surface area contributed by atoms with Crippen LogP contribution in [-0.2, 0) is 9.53 Å². The molecule has 1 aromatic rings. The minimum Gasteiger partial charge on any atom is -0.494 e. The Morgan fingerprint density at radius 2 is 1.75 bits per heavy atom. The van der Waals surface area contributed by atoms with Gasteiger partial charge in [0.05, 0.1) is 31.1 Å². The zero-order chi connectivity index (χ0) is 23.1. The number of unbranched alkanes of at least 4 members (excludes halogenated alkanes) is 1.